The van der Waals surface area contributed by atoms with Crippen LogP contribution >= 0.6 is 0 Å². The van der Waals surface area contributed by atoms with Crippen LogP contribution in [0.4, 0.5) is 4.39 Å². The third-order valence-corrected chi connectivity index (χ3v) is 2.29. The number of hydrogen-bond acceptors (Lipinski definition) is 1. The number of carbonyl (C=O) groups excluding carboxylic acids is 1. The Balaban J connectivity index is 3.00. The van der Waals surface area contributed by atoms with Crippen LogP contribution in [0.3, 0.4) is 0 Å². The van der Waals surface area contributed by atoms with Crippen LogP contribution < -0.4 is 0 Å². The molecule has 0 fully saturated rings. The fourth-order valence-corrected chi connectivity index (χ4v) is 1.43. The van der Waals surface area contributed by atoms with Crippen LogP contribution in [0.15, 0.2) is 18.2 Å². The molecule has 0 aromatic heterocycles. The number of carbonyl (C=O) groups is 1. The standard InChI is InChI=1S/C11H13FO/c1-8(6-7-13)10-4-3-5-11(12)9(10)2/h3-5,7-8H,6H2,1-2H3. The summed E-state index contributed by atoms with van der Waals surface area (Å²) >= 11 is 0. The molecule has 2 heteroatoms. The maximum Gasteiger partial charge on any atom is 0.126 e. The Kier molecular flexibility index (Phi) is 3.18. The lowest BCUT2D eigenvalue weighted by molar-refractivity contribution is -0.108. The van der Waals surface area contributed by atoms with E-state index in [2.05, 4.69) is 0 Å². The summed E-state index contributed by atoms with van der Waals surface area (Å²) in [6, 6.07) is 4.98. The van der Waals surface area contributed by atoms with Gasteiger partial charge in [0.1, 0.15) is 12.1 Å². The highest BCUT2D eigenvalue weighted by Gasteiger charge is 2.09. The smallest absolute Gasteiger partial charge is 0.126 e. The number of benzene rings is 1. The minimum atomic E-state index is -0.199. The molecule has 0 aliphatic rings. The van der Waals surface area contributed by atoms with Gasteiger partial charge in [0.2, 0.25) is 0 Å². The van der Waals surface area contributed by atoms with Crippen LogP contribution in [0.1, 0.15) is 30.4 Å². The molecule has 0 bridgehead atoms. The predicted octanol–water partition coefficient (Wildman–Crippen LogP) is 2.83. The SMILES string of the molecule is Cc1c(F)cccc1C(C)CC=O. The van der Waals surface area contributed by atoms with Gasteiger partial charge in [0.15, 0.2) is 0 Å². The van der Waals surface area contributed by atoms with E-state index in [4.69, 9.17) is 0 Å². The molecule has 0 N–H and O–H groups in total. The first-order valence-electron chi connectivity index (χ1n) is 4.35. The zero-order valence-electron chi connectivity index (χ0n) is 7.88. The van der Waals surface area contributed by atoms with Crippen molar-refractivity contribution in [2.75, 3.05) is 0 Å². The van der Waals surface area contributed by atoms with Gasteiger partial charge in [-0.1, -0.05) is 19.1 Å². The Hall–Kier alpha value is -1.18. The van der Waals surface area contributed by atoms with Crippen molar-refractivity contribution in [2.45, 2.75) is 26.2 Å². The normalized spacial score (nSPS) is 12.5. The minimum absolute atomic E-state index is 0.105. The first kappa shape index (κ1) is 9.90. The third kappa shape index (κ3) is 2.14. The van der Waals surface area contributed by atoms with Gasteiger partial charge in [-0.15, -0.1) is 0 Å². The lowest BCUT2D eigenvalue weighted by Crippen LogP contribution is -1.99. The zero-order valence-corrected chi connectivity index (χ0v) is 7.88. The van der Waals surface area contributed by atoms with Gasteiger partial charge in [0.05, 0.1) is 0 Å². The van der Waals surface area contributed by atoms with Crippen LogP contribution in [0.25, 0.3) is 0 Å². The molecule has 0 saturated carbocycles. The summed E-state index contributed by atoms with van der Waals surface area (Å²) in [5.41, 5.74) is 1.57. The first-order valence-corrected chi connectivity index (χ1v) is 4.35. The van der Waals surface area contributed by atoms with Gasteiger partial charge in [-0.05, 0) is 30.0 Å². The molecule has 1 atom stereocenters. The molecule has 1 nitrogen and oxygen atoms in total. The Morgan fingerprint density at radius 1 is 1.54 bits per heavy atom. The second-order valence-electron chi connectivity index (χ2n) is 3.26. The molecule has 0 saturated heterocycles. The van der Waals surface area contributed by atoms with E-state index in [1.807, 2.05) is 13.0 Å². The summed E-state index contributed by atoms with van der Waals surface area (Å²) in [7, 11) is 0. The molecule has 0 radical (unpaired) electrons. The highest BCUT2D eigenvalue weighted by Crippen LogP contribution is 2.23. The lowest BCUT2D eigenvalue weighted by Gasteiger charge is -2.11. The van der Waals surface area contributed by atoms with Crippen molar-refractivity contribution in [1.29, 1.82) is 0 Å². The average Bonchev–Trinajstić information content (AvgIpc) is 2.10. The molecule has 0 aliphatic heterocycles. The number of halogens is 1. The van der Waals surface area contributed by atoms with Crippen LogP contribution in [0, 0.1) is 12.7 Å². The molecule has 13 heavy (non-hydrogen) atoms. The van der Waals surface area contributed by atoms with Crippen molar-refractivity contribution in [3.05, 3.63) is 35.1 Å². The van der Waals surface area contributed by atoms with Crippen molar-refractivity contribution in [1.82, 2.24) is 0 Å². The molecule has 0 spiro atoms. The molecule has 1 aromatic rings. The Labute approximate surface area is 77.6 Å². The van der Waals surface area contributed by atoms with Crippen molar-refractivity contribution in [2.24, 2.45) is 0 Å². The van der Waals surface area contributed by atoms with E-state index in [0.29, 0.717) is 12.0 Å². The van der Waals surface area contributed by atoms with Crippen molar-refractivity contribution in [3.8, 4) is 0 Å². The number of rotatable bonds is 3. The molecule has 0 heterocycles. The summed E-state index contributed by atoms with van der Waals surface area (Å²) < 4.78 is 13.1. The van der Waals surface area contributed by atoms with E-state index in [1.54, 1.807) is 13.0 Å². The van der Waals surface area contributed by atoms with Crippen molar-refractivity contribution in [3.63, 3.8) is 0 Å². The largest absolute Gasteiger partial charge is 0.303 e. The minimum Gasteiger partial charge on any atom is -0.303 e. The second kappa shape index (κ2) is 4.17. The van der Waals surface area contributed by atoms with E-state index in [0.717, 1.165) is 11.8 Å². The van der Waals surface area contributed by atoms with Gasteiger partial charge in [0.25, 0.3) is 0 Å². The summed E-state index contributed by atoms with van der Waals surface area (Å²) in [6.45, 7) is 3.67. The van der Waals surface area contributed by atoms with Gasteiger partial charge in [0, 0.05) is 6.42 Å². The fourth-order valence-electron chi connectivity index (χ4n) is 1.43. The Morgan fingerprint density at radius 3 is 2.85 bits per heavy atom. The van der Waals surface area contributed by atoms with Crippen LogP contribution in [-0.4, -0.2) is 6.29 Å². The zero-order chi connectivity index (χ0) is 9.84. The quantitative estimate of drug-likeness (QED) is 0.654. The number of aldehydes is 1. The van der Waals surface area contributed by atoms with E-state index in [1.165, 1.54) is 6.07 Å². The van der Waals surface area contributed by atoms with Gasteiger partial charge in [-0.2, -0.15) is 0 Å². The lowest BCUT2D eigenvalue weighted by atomic mass is 9.94. The van der Waals surface area contributed by atoms with Gasteiger partial charge < -0.3 is 4.79 Å². The topological polar surface area (TPSA) is 17.1 Å². The van der Waals surface area contributed by atoms with E-state index in [9.17, 15) is 9.18 Å². The number of hydrogen-bond donors (Lipinski definition) is 0. The van der Waals surface area contributed by atoms with Crippen LogP contribution in [-0.2, 0) is 4.79 Å². The summed E-state index contributed by atoms with van der Waals surface area (Å²) in [4.78, 5) is 10.3. The molecule has 0 amide bonds. The highest BCUT2D eigenvalue weighted by molar-refractivity contribution is 5.52. The highest BCUT2D eigenvalue weighted by atomic mass is 19.1. The van der Waals surface area contributed by atoms with Gasteiger partial charge in [-0.3, -0.25) is 0 Å². The Bertz CT molecular complexity index is 307. The summed E-state index contributed by atoms with van der Waals surface area (Å²) in [5.74, 6) is -0.0940. The summed E-state index contributed by atoms with van der Waals surface area (Å²) in [6.07, 6.45) is 1.32. The monoisotopic (exact) mass is 180 g/mol. The van der Waals surface area contributed by atoms with Crippen molar-refractivity contribution >= 4 is 6.29 Å². The van der Waals surface area contributed by atoms with Crippen LogP contribution in [0.5, 0.6) is 0 Å². The van der Waals surface area contributed by atoms with Crippen LogP contribution in [0.2, 0.25) is 0 Å². The molecular formula is C11H13FO. The molecule has 70 valence electrons. The predicted molar refractivity (Wildman–Crippen MR) is 50.2 cm³/mol. The molecule has 1 rings (SSSR count). The molecule has 0 aliphatic carbocycles. The molecule has 1 aromatic carbocycles. The maximum absolute atomic E-state index is 13.1. The third-order valence-electron chi connectivity index (χ3n) is 2.29. The second-order valence-corrected chi connectivity index (χ2v) is 3.26. The molecule has 1 unspecified atom stereocenters. The maximum atomic E-state index is 13.1. The van der Waals surface area contributed by atoms with Gasteiger partial charge >= 0.3 is 0 Å². The van der Waals surface area contributed by atoms with E-state index in [-0.39, 0.29) is 11.7 Å². The molecular weight excluding hydrogens is 167 g/mol. The Morgan fingerprint density at radius 2 is 2.23 bits per heavy atom. The van der Waals surface area contributed by atoms with Crippen molar-refractivity contribution < 1.29 is 9.18 Å². The fraction of sp³-hybridized carbons (Fsp3) is 0.364. The first-order chi connectivity index (χ1) is 6.16. The average molecular weight is 180 g/mol. The van der Waals surface area contributed by atoms with E-state index < -0.39 is 0 Å². The van der Waals surface area contributed by atoms with Gasteiger partial charge in [-0.25, -0.2) is 4.39 Å². The van der Waals surface area contributed by atoms with E-state index >= 15 is 0 Å². The summed E-state index contributed by atoms with van der Waals surface area (Å²) in [5, 5.41) is 0.